The summed E-state index contributed by atoms with van der Waals surface area (Å²) in [6.45, 7) is 0. The number of hydrogen-bond donors (Lipinski definition) is 0. The molecule has 1 atom stereocenters. The second-order valence-corrected chi connectivity index (χ2v) is 4.65. The lowest BCUT2D eigenvalue weighted by Crippen LogP contribution is -2.19. The molecule has 16 heavy (non-hydrogen) atoms. The van der Waals surface area contributed by atoms with Crippen LogP contribution in [0.1, 0.15) is 0 Å². The first-order valence-electron chi connectivity index (χ1n) is 5.10. The minimum atomic E-state index is -1.03. The van der Waals surface area contributed by atoms with Crippen molar-refractivity contribution in [1.82, 2.24) is 0 Å². The van der Waals surface area contributed by atoms with Crippen molar-refractivity contribution in [3.05, 3.63) is 54.6 Å². The second-order valence-electron chi connectivity index (χ2n) is 3.58. The average Bonchev–Trinajstić information content (AvgIpc) is 2.66. The molecule has 0 fully saturated rings. The predicted molar refractivity (Wildman–Crippen MR) is 65.8 cm³/mol. The summed E-state index contributed by atoms with van der Waals surface area (Å²) in [6, 6.07) is 17.4. The molecule has 1 unspecified atom stereocenters. The molecule has 1 nitrogen and oxygen atoms in total. The van der Waals surface area contributed by atoms with Gasteiger partial charge < -0.3 is 4.90 Å². The highest BCUT2D eigenvalue weighted by atomic mass is 32.2. The van der Waals surface area contributed by atoms with Gasteiger partial charge in [-0.1, -0.05) is 42.1 Å². The Morgan fingerprint density at radius 3 is 2.44 bits per heavy atom. The van der Waals surface area contributed by atoms with Gasteiger partial charge in [0.15, 0.2) is 0 Å². The Balaban J connectivity index is 2.09. The minimum Gasteiger partial charge on any atom is -0.301 e. The highest BCUT2D eigenvalue weighted by Crippen LogP contribution is 2.47. The van der Waals surface area contributed by atoms with Gasteiger partial charge in [0.2, 0.25) is 5.63 Å². The lowest BCUT2D eigenvalue weighted by Gasteiger charge is -2.20. The summed E-state index contributed by atoms with van der Waals surface area (Å²) in [6.07, 6.45) is 0. The summed E-state index contributed by atoms with van der Waals surface area (Å²) >= 11 is 1.25. The minimum absolute atomic E-state index is 0.896. The van der Waals surface area contributed by atoms with Gasteiger partial charge in [-0.15, -0.1) is 0 Å². The molecule has 2 aromatic carbocycles. The van der Waals surface area contributed by atoms with Crippen LogP contribution in [0.2, 0.25) is 0 Å². The van der Waals surface area contributed by atoms with Crippen LogP contribution in [-0.2, 0) is 0 Å². The van der Waals surface area contributed by atoms with Gasteiger partial charge in [-0.05, 0) is 24.3 Å². The summed E-state index contributed by atoms with van der Waals surface area (Å²) in [5, 5.41) is 0. The van der Waals surface area contributed by atoms with Crippen LogP contribution in [0, 0.1) is 0 Å². The predicted octanol–water partition coefficient (Wildman–Crippen LogP) is 4.18. The quantitative estimate of drug-likeness (QED) is 0.677. The maximum atomic E-state index is 14.0. The molecular weight excluding hydrogens is 221 g/mol. The Morgan fingerprint density at radius 2 is 1.62 bits per heavy atom. The van der Waals surface area contributed by atoms with E-state index in [0.29, 0.717) is 0 Å². The van der Waals surface area contributed by atoms with Gasteiger partial charge in [0.25, 0.3) is 0 Å². The highest BCUT2D eigenvalue weighted by molar-refractivity contribution is 8.00. The van der Waals surface area contributed by atoms with Crippen LogP contribution >= 0.6 is 11.8 Å². The third-order valence-electron chi connectivity index (χ3n) is 2.59. The standard InChI is InChI=1S/C13H10FNS/c14-13-15(10-6-2-1-3-7-10)11-8-4-5-9-12(11)16-13/h1-9,13H. The van der Waals surface area contributed by atoms with E-state index in [1.54, 1.807) is 4.90 Å². The Labute approximate surface area is 97.9 Å². The second kappa shape index (κ2) is 3.83. The van der Waals surface area contributed by atoms with Crippen LogP contribution in [0.5, 0.6) is 0 Å². The molecule has 80 valence electrons. The highest BCUT2D eigenvalue weighted by Gasteiger charge is 2.30. The zero-order chi connectivity index (χ0) is 11.0. The largest absolute Gasteiger partial charge is 0.301 e. The van der Waals surface area contributed by atoms with Crippen LogP contribution in [0.15, 0.2) is 59.5 Å². The van der Waals surface area contributed by atoms with E-state index in [1.807, 2.05) is 54.6 Å². The Bertz CT molecular complexity index is 500. The van der Waals surface area contributed by atoms with E-state index in [9.17, 15) is 4.39 Å². The molecule has 0 amide bonds. The molecule has 0 N–H and O–H groups in total. The fraction of sp³-hybridized carbons (Fsp3) is 0.0769. The third kappa shape index (κ3) is 1.48. The molecule has 3 heteroatoms. The molecule has 0 aromatic heterocycles. The number of rotatable bonds is 1. The van der Waals surface area contributed by atoms with Gasteiger partial charge in [-0.25, -0.2) is 4.39 Å². The zero-order valence-electron chi connectivity index (χ0n) is 8.51. The molecule has 0 spiro atoms. The van der Waals surface area contributed by atoms with E-state index in [-0.39, 0.29) is 0 Å². The summed E-state index contributed by atoms with van der Waals surface area (Å²) in [7, 11) is 0. The number of anilines is 2. The number of fused-ring (bicyclic) bond motifs is 1. The van der Waals surface area contributed by atoms with Crippen molar-refractivity contribution in [2.75, 3.05) is 4.90 Å². The normalized spacial score (nSPS) is 18.6. The van der Waals surface area contributed by atoms with Gasteiger partial charge in [0.05, 0.1) is 5.69 Å². The number of alkyl halides is 1. The van der Waals surface area contributed by atoms with Crippen LogP contribution < -0.4 is 4.90 Å². The fourth-order valence-corrected chi connectivity index (χ4v) is 2.86. The Kier molecular flexibility index (Phi) is 2.33. The molecule has 2 aromatic rings. The van der Waals surface area contributed by atoms with Gasteiger partial charge in [-0.2, -0.15) is 0 Å². The molecule has 0 saturated heterocycles. The summed E-state index contributed by atoms with van der Waals surface area (Å²) in [5.41, 5.74) is 0.818. The SMILES string of the molecule is FC1Sc2ccccc2N1c1ccccc1. The molecule has 0 radical (unpaired) electrons. The van der Waals surface area contributed by atoms with Crippen molar-refractivity contribution >= 4 is 23.1 Å². The van der Waals surface area contributed by atoms with Crippen LogP contribution in [0.3, 0.4) is 0 Å². The maximum Gasteiger partial charge on any atom is 0.228 e. The fourth-order valence-electron chi connectivity index (χ4n) is 1.87. The number of thioether (sulfide) groups is 1. The van der Waals surface area contributed by atoms with E-state index in [0.717, 1.165) is 16.3 Å². The molecule has 1 heterocycles. The van der Waals surface area contributed by atoms with Gasteiger partial charge in [-0.3, -0.25) is 0 Å². The number of para-hydroxylation sites is 2. The molecule has 0 bridgehead atoms. The summed E-state index contributed by atoms with van der Waals surface area (Å²) in [5.74, 6) is 0. The van der Waals surface area contributed by atoms with Crippen molar-refractivity contribution in [2.45, 2.75) is 10.5 Å². The summed E-state index contributed by atoms with van der Waals surface area (Å²) in [4.78, 5) is 2.72. The molecule has 1 aliphatic rings. The van der Waals surface area contributed by atoms with Crippen molar-refractivity contribution < 1.29 is 4.39 Å². The van der Waals surface area contributed by atoms with Gasteiger partial charge in [0.1, 0.15) is 0 Å². The van der Waals surface area contributed by atoms with Crippen molar-refractivity contribution in [3.63, 3.8) is 0 Å². The number of benzene rings is 2. The monoisotopic (exact) mass is 231 g/mol. The van der Waals surface area contributed by atoms with E-state index in [1.165, 1.54) is 11.8 Å². The van der Waals surface area contributed by atoms with E-state index in [2.05, 4.69) is 0 Å². The lowest BCUT2D eigenvalue weighted by atomic mass is 10.2. The number of hydrogen-bond acceptors (Lipinski definition) is 2. The van der Waals surface area contributed by atoms with Gasteiger partial charge >= 0.3 is 0 Å². The van der Waals surface area contributed by atoms with Crippen molar-refractivity contribution in [3.8, 4) is 0 Å². The maximum absolute atomic E-state index is 14.0. The van der Waals surface area contributed by atoms with Crippen molar-refractivity contribution in [2.24, 2.45) is 0 Å². The first kappa shape index (κ1) is 9.73. The van der Waals surface area contributed by atoms with E-state index in [4.69, 9.17) is 0 Å². The molecule has 1 aliphatic heterocycles. The van der Waals surface area contributed by atoms with Crippen LogP contribution in [0.4, 0.5) is 15.8 Å². The molecule has 0 saturated carbocycles. The van der Waals surface area contributed by atoms with E-state index >= 15 is 0 Å². The molecule has 0 aliphatic carbocycles. The molecular formula is C13H10FNS. The van der Waals surface area contributed by atoms with Crippen LogP contribution in [0.25, 0.3) is 0 Å². The topological polar surface area (TPSA) is 3.24 Å². The average molecular weight is 231 g/mol. The third-order valence-corrected chi connectivity index (χ3v) is 3.59. The van der Waals surface area contributed by atoms with Crippen molar-refractivity contribution in [1.29, 1.82) is 0 Å². The number of nitrogens with zero attached hydrogens (tertiary/aromatic N) is 1. The lowest BCUT2D eigenvalue weighted by molar-refractivity contribution is 0.464. The van der Waals surface area contributed by atoms with E-state index < -0.39 is 5.63 Å². The molecule has 3 rings (SSSR count). The zero-order valence-corrected chi connectivity index (χ0v) is 9.32. The Hall–Kier alpha value is -1.48. The first-order valence-corrected chi connectivity index (χ1v) is 5.98. The van der Waals surface area contributed by atoms with Crippen LogP contribution in [-0.4, -0.2) is 5.63 Å². The summed E-state index contributed by atoms with van der Waals surface area (Å²) < 4.78 is 14.0. The Morgan fingerprint density at radius 1 is 0.938 bits per heavy atom. The number of halogens is 1. The smallest absolute Gasteiger partial charge is 0.228 e. The van der Waals surface area contributed by atoms with Gasteiger partial charge in [0, 0.05) is 10.6 Å². The first-order chi connectivity index (χ1) is 7.86.